The monoisotopic (exact) mass is 431 g/mol. The van der Waals surface area contributed by atoms with Crippen molar-refractivity contribution in [1.82, 2.24) is 5.32 Å². The molecule has 154 valence electrons. The first-order valence-corrected chi connectivity index (χ1v) is 10.00. The fourth-order valence-electron chi connectivity index (χ4n) is 2.90. The van der Waals surface area contributed by atoms with Crippen LogP contribution < -0.4 is 14.8 Å². The van der Waals surface area contributed by atoms with Crippen LogP contribution in [0.25, 0.3) is 0 Å². The van der Waals surface area contributed by atoms with Crippen molar-refractivity contribution >= 4 is 24.0 Å². The fourth-order valence-corrected chi connectivity index (χ4v) is 3.03. The highest BCUT2D eigenvalue weighted by molar-refractivity contribution is 6.30. The number of ether oxygens (including phenoxy) is 2. The summed E-state index contributed by atoms with van der Waals surface area (Å²) in [4.78, 5) is 0. The third kappa shape index (κ3) is 7.62. The topological polar surface area (TPSA) is 30.5 Å². The summed E-state index contributed by atoms with van der Waals surface area (Å²) in [5.74, 6) is 1.56. The summed E-state index contributed by atoms with van der Waals surface area (Å²) < 4.78 is 11.8. The molecule has 3 aromatic carbocycles. The van der Waals surface area contributed by atoms with Crippen LogP contribution in [0.4, 0.5) is 0 Å². The molecule has 0 atom stereocenters. The van der Waals surface area contributed by atoms with Gasteiger partial charge in [0, 0.05) is 11.6 Å². The first-order chi connectivity index (χ1) is 13.7. The van der Waals surface area contributed by atoms with E-state index in [4.69, 9.17) is 21.1 Å². The molecule has 3 nitrogen and oxygen atoms in total. The second-order valence-corrected chi connectivity index (χ2v) is 6.98. The van der Waals surface area contributed by atoms with E-state index in [1.807, 2.05) is 43.3 Å². The van der Waals surface area contributed by atoms with Crippen molar-refractivity contribution in [2.75, 3.05) is 13.2 Å². The predicted molar refractivity (Wildman–Crippen MR) is 122 cm³/mol. The first-order valence-electron chi connectivity index (χ1n) is 9.62. The molecular formula is C24H27Cl2NO2. The van der Waals surface area contributed by atoms with Crippen molar-refractivity contribution in [1.29, 1.82) is 0 Å². The van der Waals surface area contributed by atoms with E-state index in [1.54, 1.807) is 0 Å². The maximum Gasteiger partial charge on any atom is 0.161 e. The van der Waals surface area contributed by atoms with E-state index in [2.05, 4.69) is 41.7 Å². The molecule has 0 aliphatic carbocycles. The molecule has 0 saturated heterocycles. The fraction of sp³-hybridized carbons (Fsp3) is 0.250. The van der Waals surface area contributed by atoms with Crippen molar-refractivity contribution in [3.05, 3.63) is 94.5 Å². The number of hydrogen-bond donors (Lipinski definition) is 1. The molecule has 0 heterocycles. The van der Waals surface area contributed by atoms with Gasteiger partial charge in [-0.3, -0.25) is 0 Å². The van der Waals surface area contributed by atoms with Crippen molar-refractivity contribution in [2.45, 2.75) is 26.5 Å². The van der Waals surface area contributed by atoms with Crippen molar-refractivity contribution in [3.63, 3.8) is 0 Å². The van der Waals surface area contributed by atoms with Gasteiger partial charge in [0.2, 0.25) is 0 Å². The summed E-state index contributed by atoms with van der Waals surface area (Å²) in [5, 5.41) is 4.25. The number of halogens is 2. The summed E-state index contributed by atoms with van der Waals surface area (Å²) in [6.45, 7) is 4.80. The zero-order chi connectivity index (χ0) is 19.6. The molecule has 0 aromatic heterocycles. The van der Waals surface area contributed by atoms with Gasteiger partial charge in [-0.2, -0.15) is 0 Å². The van der Waals surface area contributed by atoms with E-state index in [-0.39, 0.29) is 12.4 Å². The van der Waals surface area contributed by atoms with Crippen LogP contribution in [0.5, 0.6) is 11.5 Å². The van der Waals surface area contributed by atoms with Crippen LogP contribution in [0.15, 0.2) is 72.8 Å². The number of rotatable bonds is 10. The second-order valence-electron chi connectivity index (χ2n) is 6.54. The van der Waals surface area contributed by atoms with E-state index in [9.17, 15) is 0 Å². The Kier molecular flexibility index (Phi) is 9.85. The van der Waals surface area contributed by atoms with Gasteiger partial charge in [-0.15, -0.1) is 12.4 Å². The van der Waals surface area contributed by atoms with Crippen molar-refractivity contribution in [2.24, 2.45) is 0 Å². The maximum atomic E-state index is 5.97. The quantitative estimate of drug-likeness (QED) is 0.395. The zero-order valence-electron chi connectivity index (χ0n) is 16.6. The Balaban J connectivity index is 0.00000300. The van der Waals surface area contributed by atoms with Crippen LogP contribution in [0.2, 0.25) is 5.02 Å². The van der Waals surface area contributed by atoms with Gasteiger partial charge in [-0.1, -0.05) is 60.1 Å². The summed E-state index contributed by atoms with van der Waals surface area (Å²) in [6.07, 6.45) is 0.966. The van der Waals surface area contributed by atoms with Gasteiger partial charge in [0.05, 0.1) is 6.61 Å². The molecule has 0 bridgehead atoms. The Morgan fingerprint density at radius 1 is 0.793 bits per heavy atom. The van der Waals surface area contributed by atoms with Crippen LogP contribution in [-0.4, -0.2) is 13.2 Å². The van der Waals surface area contributed by atoms with Crippen LogP contribution in [0.1, 0.15) is 23.6 Å². The summed E-state index contributed by atoms with van der Waals surface area (Å²) in [7, 11) is 0. The Bertz CT molecular complexity index is 855. The van der Waals surface area contributed by atoms with Gasteiger partial charge in [0.25, 0.3) is 0 Å². The lowest BCUT2D eigenvalue weighted by molar-refractivity contribution is 0.269. The highest BCUT2D eigenvalue weighted by atomic mass is 35.5. The van der Waals surface area contributed by atoms with Crippen molar-refractivity contribution in [3.8, 4) is 11.5 Å². The summed E-state index contributed by atoms with van der Waals surface area (Å²) in [6, 6.07) is 24.3. The molecule has 0 radical (unpaired) electrons. The van der Waals surface area contributed by atoms with Gasteiger partial charge in [-0.05, 0) is 60.8 Å². The molecule has 0 amide bonds. The molecular weight excluding hydrogens is 405 g/mol. The smallest absolute Gasteiger partial charge is 0.161 e. The van der Waals surface area contributed by atoms with Crippen LogP contribution in [0.3, 0.4) is 0 Å². The molecule has 1 N–H and O–H groups in total. The van der Waals surface area contributed by atoms with Gasteiger partial charge in [-0.25, -0.2) is 0 Å². The number of nitrogens with one attached hydrogen (secondary N) is 1. The highest BCUT2D eigenvalue weighted by Crippen LogP contribution is 2.29. The van der Waals surface area contributed by atoms with Gasteiger partial charge < -0.3 is 14.8 Å². The molecule has 0 spiro atoms. The van der Waals surface area contributed by atoms with E-state index < -0.39 is 0 Å². The summed E-state index contributed by atoms with van der Waals surface area (Å²) in [5.41, 5.74) is 3.58. The first kappa shape index (κ1) is 23.1. The largest absolute Gasteiger partial charge is 0.490 e. The van der Waals surface area contributed by atoms with Gasteiger partial charge in [0.15, 0.2) is 11.5 Å². The Morgan fingerprint density at radius 3 is 2.24 bits per heavy atom. The lowest BCUT2D eigenvalue weighted by atomic mass is 10.1. The SMILES string of the molecule is CCOc1cc(CNCCc2ccc(Cl)cc2)ccc1OCc1ccccc1.Cl. The zero-order valence-corrected chi connectivity index (χ0v) is 18.1. The minimum atomic E-state index is 0. The van der Waals surface area contributed by atoms with Gasteiger partial charge in [0.1, 0.15) is 6.61 Å². The lowest BCUT2D eigenvalue weighted by Crippen LogP contribution is -2.16. The third-order valence-corrected chi connectivity index (χ3v) is 4.63. The average Bonchev–Trinajstić information content (AvgIpc) is 2.73. The molecule has 0 aliphatic rings. The molecule has 0 fully saturated rings. The molecule has 0 unspecified atom stereocenters. The van der Waals surface area contributed by atoms with Gasteiger partial charge >= 0.3 is 0 Å². The molecule has 3 rings (SSSR count). The van der Waals surface area contributed by atoms with E-state index in [0.29, 0.717) is 13.2 Å². The standard InChI is InChI=1S/C24H26ClNO2.ClH/c1-2-27-24-16-21(17-26-15-14-19-8-11-22(25)12-9-19)10-13-23(24)28-18-20-6-4-3-5-7-20;/h3-13,16,26H,2,14-15,17-18H2,1H3;1H. The predicted octanol–water partition coefficient (Wildman–Crippen LogP) is 6.07. The minimum Gasteiger partial charge on any atom is -0.490 e. The summed E-state index contributed by atoms with van der Waals surface area (Å²) >= 11 is 5.93. The Morgan fingerprint density at radius 2 is 1.52 bits per heavy atom. The molecule has 0 saturated carbocycles. The molecule has 5 heteroatoms. The second kappa shape index (κ2) is 12.4. The van der Waals surface area contributed by atoms with Crippen LogP contribution in [0, 0.1) is 0 Å². The number of hydrogen-bond acceptors (Lipinski definition) is 3. The minimum absolute atomic E-state index is 0. The van der Waals surface area contributed by atoms with Crippen molar-refractivity contribution < 1.29 is 9.47 Å². The average molecular weight is 432 g/mol. The Hall–Kier alpha value is -2.20. The normalized spacial score (nSPS) is 10.3. The van der Waals surface area contributed by atoms with Crippen LogP contribution >= 0.6 is 24.0 Å². The highest BCUT2D eigenvalue weighted by Gasteiger charge is 2.07. The molecule has 29 heavy (non-hydrogen) atoms. The van der Waals surface area contributed by atoms with E-state index in [1.165, 1.54) is 11.1 Å². The van der Waals surface area contributed by atoms with E-state index in [0.717, 1.165) is 41.6 Å². The lowest BCUT2D eigenvalue weighted by Gasteiger charge is -2.14. The maximum absolute atomic E-state index is 5.97. The molecule has 3 aromatic rings. The Labute approximate surface area is 184 Å². The van der Waals surface area contributed by atoms with E-state index >= 15 is 0 Å². The van der Waals surface area contributed by atoms with Crippen LogP contribution in [-0.2, 0) is 19.6 Å². The number of benzene rings is 3. The third-order valence-electron chi connectivity index (χ3n) is 4.38. The molecule has 0 aliphatic heterocycles.